The fraction of sp³-hybridized carbons (Fsp3) is 0.308. The Morgan fingerprint density at radius 3 is 2.29 bits per heavy atom. The van der Waals surface area contributed by atoms with Crippen LogP contribution in [0, 0.1) is 13.8 Å². The fourth-order valence-electron chi connectivity index (χ4n) is 1.77. The number of aromatic nitrogens is 2. The second-order valence-corrected chi connectivity index (χ2v) is 4.02. The van der Waals surface area contributed by atoms with Crippen molar-refractivity contribution in [3.63, 3.8) is 0 Å². The third-order valence-corrected chi connectivity index (χ3v) is 2.87. The predicted molar refractivity (Wildman–Crippen MR) is 69.0 cm³/mol. The Balaban J connectivity index is 2.25. The monoisotopic (exact) mass is 231 g/mol. The van der Waals surface area contributed by atoms with Gasteiger partial charge in [-0.1, -0.05) is 0 Å². The molecule has 2 aromatic rings. The van der Waals surface area contributed by atoms with Crippen molar-refractivity contribution in [2.75, 3.05) is 12.4 Å². The van der Waals surface area contributed by atoms with Crippen LogP contribution in [-0.4, -0.2) is 16.9 Å². The Morgan fingerprint density at radius 1 is 1.18 bits per heavy atom. The van der Waals surface area contributed by atoms with Crippen molar-refractivity contribution in [1.29, 1.82) is 0 Å². The Hall–Kier alpha value is -1.97. The molecule has 90 valence electrons. The van der Waals surface area contributed by atoms with E-state index in [2.05, 4.69) is 10.4 Å². The zero-order chi connectivity index (χ0) is 12.4. The lowest BCUT2D eigenvalue weighted by atomic mass is 10.2. The Labute approximate surface area is 101 Å². The standard InChI is InChI=1S/C13H17N3O/c1-9-13(10(2)16(3)15-9)14-11-5-7-12(17-4)8-6-11/h5-8,14H,1-4H3. The van der Waals surface area contributed by atoms with Crippen LogP contribution in [0.5, 0.6) is 5.75 Å². The summed E-state index contributed by atoms with van der Waals surface area (Å²) < 4.78 is 7.00. The van der Waals surface area contributed by atoms with Gasteiger partial charge in [0.15, 0.2) is 0 Å². The summed E-state index contributed by atoms with van der Waals surface area (Å²) in [7, 11) is 3.61. The molecule has 0 atom stereocenters. The van der Waals surface area contributed by atoms with Crippen LogP contribution >= 0.6 is 0 Å². The minimum atomic E-state index is 0.857. The average molecular weight is 231 g/mol. The highest BCUT2D eigenvalue weighted by Crippen LogP contribution is 2.24. The summed E-state index contributed by atoms with van der Waals surface area (Å²) >= 11 is 0. The minimum Gasteiger partial charge on any atom is -0.497 e. The normalized spacial score (nSPS) is 10.4. The number of hydrogen-bond acceptors (Lipinski definition) is 3. The zero-order valence-electron chi connectivity index (χ0n) is 10.6. The van der Waals surface area contributed by atoms with Crippen molar-refractivity contribution in [3.8, 4) is 5.75 Å². The highest BCUT2D eigenvalue weighted by atomic mass is 16.5. The zero-order valence-corrected chi connectivity index (χ0v) is 10.6. The van der Waals surface area contributed by atoms with Gasteiger partial charge in [0.1, 0.15) is 5.75 Å². The van der Waals surface area contributed by atoms with Crippen molar-refractivity contribution >= 4 is 11.4 Å². The van der Waals surface area contributed by atoms with Crippen LogP contribution in [0.3, 0.4) is 0 Å². The highest BCUT2D eigenvalue weighted by molar-refractivity contribution is 5.64. The van der Waals surface area contributed by atoms with Gasteiger partial charge in [0, 0.05) is 12.7 Å². The Bertz CT molecular complexity index is 514. The third kappa shape index (κ3) is 2.25. The number of nitrogens with one attached hydrogen (secondary N) is 1. The molecule has 1 aromatic carbocycles. The summed E-state index contributed by atoms with van der Waals surface area (Å²) in [5.41, 5.74) is 4.22. The van der Waals surface area contributed by atoms with E-state index in [1.165, 1.54) is 0 Å². The van der Waals surface area contributed by atoms with Crippen LogP contribution in [0.25, 0.3) is 0 Å². The summed E-state index contributed by atoms with van der Waals surface area (Å²) in [6.45, 7) is 4.05. The van der Waals surface area contributed by atoms with E-state index in [4.69, 9.17) is 4.74 Å². The molecule has 0 spiro atoms. The van der Waals surface area contributed by atoms with E-state index in [0.29, 0.717) is 0 Å². The quantitative estimate of drug-likeness (QED) is 0.882. The first-order valence-electron chi connectivity index (χ1n) is 5.53. The molecular formula is C13H17N3O. The van der Waals surface area contributed by atoms with Gasteiger partial charge >= 0.3 is 0 Å². The molecule has 0 saturated carbocycles. The van der Waals surface area contributed by atoms with Gasteiger partial charge in [0.05, 0.1) is 24.2 Å². The number of aryl methyl sites for hydroxylation is 2. The second kappa shape index (κ2) is 4.49. The Morgan fingerprint density at radius 2 is 1.82 bits per heavy atom. The third-order valence-electron chi connectivity index (χ3n) is 2.87. The fourth-order valence-corrected chi connectivity index (χ4v) is 1.77. The molecule has 1 N–H and O–H groups in total. The number of hydrogen-bond donors (Lipinski definition) is 1. The van der Waals surface area contributed by atoms with E-state index >= 15 is 0 Å². The highest BCUT2D eigenvalue weighted by Gasteiger charge is 2.08. The molecular weight excluding hydrogens is 214 g/mol. The van der Waals surface area contributed by atoms with E-state index in [1.54, 1.807) is 7.11 Å². The van der Waals surface area contributed by atoms with Gasteiger partial charge in [-0.25, -0.2) is 0 Å². The van der Waals surface area contributed by atoms with Crippen molar-refractivity contribution in [2.45, 2.75) is 13.8 Å². The summed E-state index contributed by atoms with van der Waals surface area (Å²) in [5.74, 6) is 0.857. The minimum absolute atomic E-state index is 0.857. The molecule has 1 heterocycles. The van der Waals surface area contributed by atoms with Crippen LogP contribution in [0.15, 0.2) is 24.3 Å². The van der Waals surface area contributed by atoms with Crippen LogP contribution in [0.1, 0.15) is 11.4 Å². The van der Waals surface area contributed by atoms with Gasteiger partial charge < -0.3 is 10.1 Å². The molecule has 2 rings (SSSR count). The van der Waals surface area contributed by atoms with Crippen LogP contribution in [-0.2, 0) is 7.05 Å². The number of methoxy groups -OCH3 is 1. The second-order valence-electron chi connectivity index (χ2n) is 4.02. The van der Waals surface area contributed by atoms with Crippen LogP contribution < -0.4 is 10.1 Å². The molecule has 0 bridgehead atoms. The molecule has 0 unspecified atom stereocenters. The van der Waals surface area contributed by atoms with Gasteiger partial charge in [-0.2, -0.15) is 5.10 Å². The molecule has 0 aliphatic heterocycles. The van der Waals surface area contributed by atoms with Crippen LogP contribution in [0.4, 0.5) is 11.4 Å². The number of benzene rings is 1. The molecule has 0 fully saturated rings. The summed E-state index contributed by atoms with van der Waals surface area (Å²) in [6.07, 6.45) is 0. The SMILES string of the molecule is COc1ccc(Nc2c(C)nn(C)c2C)cc1. The maximum atomic E-state index is 5.13. The maximum Gasteiger partial charge on any atom is 0.119 e. The first kappa shape index (κ1) is 11.5. The molecule has 0 amide bonds. The number of ether oxygens (including phenoxy) is 1. The van der Waals surface area contributed by atoms with Crippen molar-refractivity contribution in [2.24, 2.45) is 7.05 Å². The first-order chi connectivity index (χ1) is 8.11. The average Bonchev–Trinajstić information content (AvgIpc) is 2.57. The van der Waals surface area contributed by atoms with E-state index in [1.807, 2.05) is 49.8 Å². The number of nitrogens with zero attached hydrogens (tertiary/aromatic N) is 2. The molecule has 0 aliphatic carbocycles. The van der Waals surface area contributed by atoms with E-state index in [9.17, 15) is 0 Å². The van der Waals surface area contributed by atoms with Gasteiger partial charge in [-0.05, 0) is 38.1 Å². The molecule has 1 aromatic heterocycles. The summed E-state index contributed by atoms with van der Waals surface area (Å²) in [4.78, 5) is 0. The lowest BCUT2D eigenvalue weighted by Gasteiger charge is -2.07. The molecule has 4 nitrogen and oxygen atoms in total. The van der Waals surface area contributed by atoms with Crippen molar-refractivity contribution < 1.29 is 4.74 Å². The van der Waals surface area contributed by atoms with Gasteiger partial charge in [-0.15, -0.1) is 0 Å². The molecule has 0 aliphatic rings. The summed E-state index contributed by atoms with van der Waals surface area (Å²) in [5, 5.41) is 7.74. The maximum absolute atomic E-state index is 5.13. The lowest BCUT2D eigenvalue weighted by molar-refractivity contribution is 0.415. The molecule has 4 heteroatoms. The molecule has 0 saturated heterocycles. The van der Waals surface area contributed by atoms with Gasteiger partial charge in [0.25, 0.3) is 0 Å². The lowest BCUT2D eigenvalue weighted by Crippen LogP contribution is -1.95. The first-order valence-corrected chi connectivity index (χ1v) is 5.53. The van der Waals surface area contributed by atoms with Crippen molar-refractivity contribution in [3.05, 3.63) is 35.7 Å². The smallest absolute Gasteiger partial charge is 0.119 e. The predicted octanol–water partition coefficient (Wildman–Crippen LogP) is 2.79. The van der Waals surface area contributed by atoms with Gasteiger partial charge in [-0.3, -0.25) is 4.68 Å². The van der Waals surface area contributed by atoms with Crippen LogP contribution in [0.2, 0.25) is 0 Å². The molecule has 0 radical (unpaired) electrons. The number of anilines is 2. The van der Waals surface area contributed by atoms with Crippen molar-refractivity contribution in [1.82, 2.24) is 9.78 Å². The molecule has 17 heavy (non-hydrogen) atoms. The largest absolute Gasteiger partial charge is 0.497 e. The van der Waals surface area contributed by atoms with Gasteiger partial charge in [0.2, 0.25) is 0 Å². The van der Waals surface area contributed by atoms with E-state index in [-0.39, 0.29) is 0 Å². The van der Waals surface area contributed by atoms with E-state index < -0.39 is 0 Å². The Kier molecular flexibility index (Phi) is 3.04. The number of rotatable bonds is 3. The summed E-state index contributed by atoms with van der Waals surface area (Å²) in [6, 6.07) is 7.85. The van der Waals surface area contributed by atoms with E-state index in [0.717, 1.165) is 28.5 Å². The topological polar surface area (TPSA) is 39.1 Å².